The summed E-state index contributed by atoms with van der Waals surface area (Å²) in [5.41, 5.74) is -1.84. The number of nitrogens with zero attached hydrogens (tertiary/aromatic N) is 2. The molecule has 4 aromatic rings. The van der Waals surface area contributed by atoms with Gasteiger partial charge in [0.2, 0.25) is 0 Å². The Kier molecular flexibility index (Phi) is 6.42. The third-order valence-corrected chi connectivity index (χ3v) is 6.92. The molecular formula is C22H15ClF3N3O2S2. The Morgan fingerprint density at radius 2 is 1.79 bits per heavy atom. The van der Waals surface area contributed by atoms with E-state index in [-0.39, 0.29) is 10.7 Å². The molecule has 11 heteroatoms. The molecule has 0 fully saturated rings. The van der Waals surface area contributed by atoms with Gasteiger partial charge in [0.25, 0.3) is 0 Å². The molecule has 0 saturated carbocycles. The number of benzene rings is 2. The summed E-state index contributed by atoms with van der Waals surface area (Å²) < 4.78 is 61.8. The zero-order valence-electron chi connectivity index (χ0n) is 16.7. The van der Waals surface area contributed by atoms with E-state index in [4.69, 9.17) is 11.6 Å². The molecule has 0 radical (unpaired) electrons. The van der Waals surface area contributed by atoms with Crippen molar-refractivity contribution in [1.82, 2.24) is 9.97 Å². The highest BCUT2D eigenvalue weighted by Gasteiger charge is 2.46. The summed E-state index contributed by atoms with van der Waals surface area (Å²) in [7, 11) is -5.53. The van der Waals surface area contributed by atoms with Crippen LogP contribution in [0.3, 0.4) is 0 Å². The Labute approximate surface area is 197 Å². The number of halogens is 4. The molecule has 2 aromatic carbocycles. The molecule has 33 heavy (non-hydrogen) atoms. The first-order valence-corrected chi connectivity index (χ1v) is 12.2. The fourth-order valence-electron chi connectivity index (χ4n) is 3.04. The van der Waals surface area contributed by atoms with E-state index in [1.165, 1.54) is 28.2 Å². The number of anilines is 1. The topological polar surface area (TPSA) is 72.0 Å². The lowest BCUT2D eigenvalue weighted by Gasteiger charge is -2.11. The Morgan fingerprint density at radius 1 is 1.03 bits per heavy atom. The predicted molar refractivity (Wildman–Crippen MR) is 124 cm³/mol. The van der Waals surface area contributed by atoms with E-state index in [9.17, 15) is 21.6 Å². The average Bonchev–Trinajstić information content (AvgIpc) is 3.24. The summed E-state index contributed by atoms with van der Waals surface area (Å²) >= 11 is 7.60. The highest BCUT2D eigenvalue weighted by molar-refractivity contribution is 7.93. The van der Waals surface area contributed by atoms with Gasteiger partial charge in [-0.05, 0) is 35.9 Å². The van der Waals surface area contributed by atoms with Crippen molar-refractivity contribution in [2.75, 3.05) is 4.72 Å². The van der Waals surface area contributed by atoms with Crippen molar-refractivity contribution in [2.45, 2.75) is 11.9 Å². The van der Waals surface area contributed by atoms with Gasteiger partial charge in [-0.15, -0.1) is 11.3 Å². The van der Waals surface area contributed by atoms with Crippen molar-refractivity contribution in [3.63, 3.8) is 0 Å². The summed E-state index contributed by atoms with van der Waals surface area (Å²) in [6.45, 7) is 0. The molecule has 2 heterocycles. The first-order chi connectivity index (χ1) is 15.6. The summed E-state index contributed by atoms with van der Waals surface area (Å²) in [6.07, 6.45) is 2.39. The van der Waals surface area contributed by atoms with Crippen molar-refractivity contribution < 1.29 is 21.6 Å². The minimum atomic E-state index is -5.53. The Balaban J connectivity index is 1.56. The average molecular weight is 510 g/mol. The number of aromatic nitrogens is 2. The molecule has 0 amide bonds. The van der Waals surface area contributed by atoms with Gasteiger partial charge in [0.05, 0.1) is 16.4 Å². The second kappa shape index (κ2) is 9.12. The Morgan fingerprint density at radius 3 is 2.48 bits per heavy atom. The number of alkyl halides is 3. The Hall–Kier alpha value is -2.95. The lowest BCUT2D eigenvalue weighted by atomic mass is 10.1. The van der Waals surface area contributed by atoms with E-state index in [1.54, 1.807) is 11.6 Å². The van der Waals surface area contributed by atoms with Crippen LogP contribution in [0.25, 0.3) is 21.8 Å². The van der Waals surface area contributed by atoms with E-state index < -0.39 is 15.5 Å². The monoisotopic (exact) mass is 509 g/mol. The summed E-state index contributed by atoms with van der Waals surface area (Å²) in [4.78, 5) is 9.01. The summed E-state index contributed by atoms with van der Waals surface area (Å²) in [5, 5.41) is 2.56. The zero-order valence-corrected chi connectivity index (χ0v) is 19.1. The van der Waals surface area contributed by atoms with Crippen LogP contribution in [-0.4, -0.2) is 23.9 Å². The van der Waals surface area contributed by atoms with Crippen LogP contribution in [0.4, 0.5) is 18.9 Å². The van der Waals surface area contributed by atoms with Crippen molar-refractivity contribution in [1.29, 1.82) is 0 Å². The molecule has 0 bridgehead atoms. The third-order valence-electron chi connectivity index (χ3n) is 4.60. The number of hydrogen-bond acceptors (Lipinski definition) is 5. The number of pyridine rings is 1. The fraction of sp³-hybridized carbons (Fsp3) is 0.0909. The van der Waals surface area contributed by atoms with Crippen molar-refractivity contribution in [3.05, 3.63) is 88.5 Å². The van der Waals surface area contributed by atoms with E-state index in [0.29, 0.717) is 17.7 Å². The summed E-state index contributed by atoms with van der Waals surface area (Å²) in [6, 6.07) is 17.5. The third kappa shape index (κ3) is 5.35. The smallest absolute Gasteiger partial charge is 0.276 e. The van der Waals surface area contributed by atoms with Crippen LogP contribution in [0.15, 0.2) is 72.2 Å². The minimum absolute atomic E-state index is 0.0636. The maximum Gasteiger partial charge on any atom is 0.516 e. The number of sulfonamides is 1. The maximum atomic E-state index is 12.6. The lowest BCUT2D eigenvalue weighted by molar-refractivity contribution is -0.0429. The molecule has 0 spiro atoms. The minimum Gasteiger partial charge on any atom is -0.276 e. The molecule has 1 N–H and O–H groups in total. The zero-order chi connectivity index (χ0) is 23.6. The van der Waals surface area contributed by atoms with E-state index in [1.807, 2.05) is 42.5 Å². The van der Waals surface area contributed by atoms with Crippen LogP contribution in [-0.2, 0) is 16.4 Å². The van der Waals surface area contributed by atoms with Crippen molar-refractivity contribution in [3.8, 4) is 21.8 Å². The van der Waals surface area contributed by atoms with Gasteiger partial charge < -0.3 is 0 Å². The number of thiazole rings is 1. The van der Waals surface area contributed by atoms with Crippen LogP contribution >= 0.6 is 22.9 Å². The van der Waals surface area contributed by atoms with Gasteiger partial charge in [-0.1, -0.05) is 41.9 Å². The molecule has 2 aromatic heterocycles. The summed E-state index contributed by atoms with van der Waals surface area (Å²) in [5.74, 6) is 0. The van der Waals surface area contributed by atoms with E-state index >= 15 is 0 Å². The SMILES string of the molecule is O=S(=O)(Nc1ccc(-c2csc(-c3ccnc(Cc4ccccc4)c3)n2)c(Cl)c1)C(F)(F)F. The standard InChI is InChI=1S/C22H15ClF3N3O2S2/c23-19-12-16(29-33(30,31)22(24,25)26)6-7-18(19)20-13-32-21(28-20)15-8-9-27-17(11-15)10-14-4-2-1-3-5-14/h1-9,11-13,29H,10H2. The van der Waals surface area contributed by atoms with Gasteiger partial charge in [-0.25, -0.2) is 4.98 Å². The van der Waals surface area contributed by atoms with Gasteiger partial charge in [0, 0.05) is 34.8 Å². The molecule has 4 rings (SSSR count). The molecule has 0 unspecified atom stereocenters. The Bertz CT molecular complexity index is 1390. The van der Waals surface area contributed by atoms with Crippen molar-refractivity contribution >= 4 is 38.6 Å². The fourth-order valence-corrected chi connectivity index (χ4v) is 4.69. The molecular weight excluding hydrogens is 495 g/mol. The molecule has 0 atom stereocenters. The second-order valence-corrected chi connectivity index (χ2v) is 9.92. The molecule has 0 aliphatic rings. The quantitative estimate of drug-likeness (QED) is 0.327. The van der Waals surface area contributed by atoms with Crippen LogP contribution in [0, 0.1) is 0 Å². The van der Waals surface area contributed by atoms with Gasteiger partial charge in [-0.2, -0.15) is 21.6 Å². The molecule has 170 valence electrons. The predicted octanol–water partition coefficient (Wildman–Crippen LogP) is 6.38. The highest BCUT2D eigenvalue weighted by atomic mass is 35.5. The second-order valence-electron chi connectivity index (χ2n) is 6.98. The number of nitrogens with one attached hydrogen (secondary N) is 1. The lowest BCUT2D eigenvalue weighted by Crippen LogP contribution is -2.29. The molecule has 0 aliphatic heterocycles. The maximum absolute atomic E-state index is 12.6. The van der Waals surface area contributed by atoms with Gasteiger partial charge >= 0.3 is 15.5 Å². The van der Waals surface area contributed by atoms with Gasteiger partial charge in [-0.3, -0.25) is 9.71 Å². The highest BCUT2D eigenvalue weighted by Crippen LogP contribution is 2.35. The van der Waals surface area contributed by atoms with Gasteiger partial charge in [0.1, 0.15) is 5.01 Å². The van der Waals surface area contributed by atoms with Crippen LogP contribution in [0.2, 0.25) is 5.02 Å². The van der Waals surface area contributed by atoms with Gasteiger partial charge in [0.15, 0.2) is 0 Å². The number of hydrogen-bond donors (Lipinski definition) is 1. The first-order valence-electron chi connectivity index (χ1n) is 9.46. The number of rotatable bonds is 6. The first kappa shape index (κ1) is 23.2. The molecule has 0 aliphatic carbocycles. The van der Waals surface area contributed by atoms with Crippen LogP contribution < -0.4 is 4.72 Å². The van der Waals surface area contributed by atoms with E-state index in [0.717, 1.165) is 27.9 Å². The molecule has 5 nitrogen and oxygen atoms in total. The van der Waals surface area contributed by atoms with Crippen LogP contribution in [0.1, 0.15) is 11.3 Å². The normalized spacial score (nSPS) is 12.0. The van der Waals surface area contributed by atoms with E-state index in [2.05, 4.69) is 9.97 Å². The van der Waals surface area contributed by atoms with Crippen molar-refractivity contribution in [2.24, 2.45) is 0 Å². The van der Waals surface area contributed by atoms with Crippen LogP contribution in [0.5, 0.6) is 0 Å². The molecule has 0 saturated heterocycles. The largest absolute Gasteiger partial charge is 0.516 e.